The molecule has 4 heteroatoms. The van der Waals surface area contributed by atoms with E-state index in [1.165, 1.54) is 6.42 Å². The van der Waals surface area contributed by atoms with Crippen LogP contribution in [0.15, 0.2) is 0 Å². The van der Waals surface area contributed by atoms with E-state index in [-0.39, 0.29) is 5.91 Å². The molecule has 1 amide bonds. The van der Waals surface area contributed by atoms with Gasteiger partial charge < -0.3 is 4.90 Å². The predicted octanol–water partition coefficient (Wildman–Crippen LogP) is 0.860. The van der Waals surface area contributed by atoms with Gasteiger partial charge in [0.15, 0.2) is 0 Å². The van der Waals surface area contributed by atoms with Gasteiger partial charge in [-0.2, -0.15) is 12.6 Å². The van der Waals surface area contributed by atoms with Crippen LogP contribution < -0.4 is 0 Å². The molecule has 0 bridgehead atoms. The highest BCUT2D eigenvalue weighted by molar-refractivity contribution is 7.80. The van der Waals surface area contributed by atoms with Crippen molar-refractivity contribution in [2.75, 3.05) is 38.5 Å². The van der Waals surface area contributed by atoms with Crippen LogP contribution in [0.1, 0.15) is 19.8 Å². The van der Waals surface area contributed by atoms with Crippen molar-refractivity contribution < 1.29 is 4.79 Å². The second kappa shape index (κ2) is 6.30. The largest absolute Gasteiger partial charge is 0.340 e. The summed E-state index contributed by atoms with van der Waals surface area (Å²) >= 11 is 4.07. The molecule has 0 aromatic rings. The molecule has 1 saturated heterocycles. The van der Waals surface area contributed by atoms with Crippen molar-refractivity contribution in [3.05, 3.63) is 0 Å². The molecule has 0 saturated carbocycles. The summed E-state index contributed by atoms with van der Waals surface area (Å²) in [6.45, 7) is 7.21. The van der Waals surface area contributed by atoms with Crippen molar-refractivity contribution in [1.82, 2.24) is 9.80 Å². The number of carbonyl (C=O) groups is 1. The Bertz CT molecular complexity index is 179. The number of amides is 1. The van der Waals surface area contributed by atoms with Crippen molar-refractivity contribution in [3.63, 3.8) is 0 Å². The van der Waals surface area contributed by atoms with Crippen molar-refractivity contribution in [2.24, 2.45) is 0 Å². The summed E-state index contributed by atoms with van der Waals surface area (Å²) in [6, 6.07) is 0. The van der Waals surface area contributed by atoms with E-state index in [0.29, 0.717) is 12.2 Å². The zero-order valence-electron chi connectivity index (χ0n) is 8.91. The SMILES string of the molecule is CCCN1CCN(C(=O)CCS)CC1. The van der Waals surface area contributed by atoms with Gasteiger partial charge in [-0.05, 0) is 18.7 Å². The van der Waals surface area contributed by atoms with Crippen molar-refractivity contribution in [1.29, 1.82) is 0 Å². The molecule has 0 aromatic heterocycles. The van der Waals surface area contributed by atoms with E-state index in [4.69, 9.17) is 0 Å². The number of piperazine rings is 1. The summed E-state index contributed by atoms with van der Waals surface area (Å²) < 4.78 is 0. The average Bonchev–Trinajstić information content (AvgIpc) is 2.20. The van der Waals surface area contributed by atoms with Crippen LogP contribution in [0.4, 0.5) is 0 Å². The maximum atomic E-state index is 11.5. The van der Waals surface area contributed by atoms with Gasteiger partial charge in [-0.15, -0.1) is 0 Å². The molecule has 0 aliphatic carbocycles. The molecular weight excluding hydrogens is 196 g/mol. The molecule has 0 radical (unpaired) electrons. The Kier molecular flexibility index (Phi) is 5.33. The van der Waals surface area contributed by atoms with Gasteiger partial charge in [0, 0.05) is 32.6 Å². The van der Waals surface area contributed by atoms with Gasteiger partial charge in [0.25, 0.3) is 0 Å². The highest BCUT2D eigenvalue weighted by Crippen LogP contribution is 2.04. The predicted molar refractivity (Wildman–Crippen MR) is 61.8 cm³/mol. The molecule has 1 heterocycles. The van der Waals surface area contributed by atoms with Crippen LogP contribution in [0, 0.1) is 0 Å². The maximum absolute atomic E-state index is 11.5. The van der Waals surface area contributed by atoms with Gasteiger partial charge in [0.1, 0.15) is 0 Å². The fourth-order valence-electron chi connectivity index (χ4n) is 1.79. The van der Waals surface area contributed by atoms with Crippen LogP contribution in [-0.4, -0.2) is 54.2 Å². The molecule has 1 rings (SSSR count). The molecule has 1 fully saturated rings. The fourth-order valence-corrected chi connectivity index (χ4v) is 1.98. The van der Waals surface area contributed by atoms with Gasteiger partial charge in [0.05, 0.1) is 0 Å². The third kappa shape index (κ3) is 3.50. The molecule has 82 valence electrons. The molecule has 0 unspecified atom stereocenters. The summed E-state index contributed by atoms with van der Waals surface area (Å²) in [5, 5.41) is 0. The summed E-state index contributed by atoms with van der Waals surface area (Å²) in [5.74, 6) is 0.921. The molecule has 0 aromatic carbocycles. The molecule has 3 nitrogen and oxygen atoms in total. The zero-order chi connectivity index (χ0) is 10.4. The summed E-state index contributed by atoms with van der Waals surface area (Å²) in [5.41, 5.74) is 0. The van der Waals surface area contributed by atoms with Crippen LogP contribution in [-0.2, 0) is 4.79 Å². The van der Waals surface area contributed by atoms with Gasteiger partial charge in [-0.25, -0.2) is 0 Å². The lowest BCUT2D eigenvalue weighted by molar-refractivity contribution is -0.132. The van der Waals surface area contributed by atoms with Crippen LogP contribution in [0.5, 0.6) is 0 Å². The molecule has 1 aliphatic heterocycles. The number of hydrogen-bond donors (Lipinski definition) is 1. The van der Waals surface area contributed by atoms with E-state index < -0.39 is 0 Å². The van der Waals surface area contributed by atoms with Crippen molar-refractivity contribution >= 4 is 18.5 Å². The topological polar surface area (TPSA) is 23.6 Å². The van der Waals surface area contributed by atoms with Gasteiger partial charge in [0.2, 0.25) is 5.91 Å². The summed E-state index contributed by atoms with van der Waals surface area (Å²) in [7, 11) is 0. The maximum Gasteiger partial charge on any atom is 0.223 e. The second-order valence-corrected chi connectivity index (χ2v) is 4.14. The van der Waals surface area contributed by atoms with E-state index in [0.717, 1.165) is 32.7 Å². The van der Waals surface area contributed by atoms with E-state index in [1.807, 2.05) is 4.90 Å². The van der Waals surface area contributed by atoms with Crippen LogP contribution in [0.25, 0.3) is 0 Å². The first-order valence-corrected chi connectivity index (χ1v) is 6.02. The third-order valence-electron chi connectivity index (χ3n) is 2.59. The third-order valence-corrected chi connectivity index (χ3v) is 2.81. The fraction of sp³-hybridized carbons (Fsp3) is 0.900. The number of hydrogen-bond acceptors (Lipinski definition) is 3. The average molecular weight is 216 g/mol. The lowest BCUT2D eigenvalue weighted by Gasteiger charge is -2.34. The molecule has 1 aliphatic rings. The molecule has 0 spiro atoms. The van der Waals surface area contributed by atoms with E-state index >= 15 is 0 Å². The summed E-state index contributed by atoms with van der Waals surface area (Å²) in [6.07, 6.45) is 1.78. The molecule has 0 N–H and O–H groups in total. The Labute approximate surface area is 91.9 Å². The van der Waals surface area contributed by atoms with Gasteiger partial charge >= 0.3 is 0 Å². The number of thiol groups is 1. The first-order chi connectivity index (χ1) is 6.77. The van der Waals surface area contributed by atoms with Crippen molar-refractivity contribution in [2.45, 2.75) is 19.8 Å². The molecular formula is C10H20N2OS. The quantitative estimate of drug-likeness (QED) is 0.705. The van der Waals surface area contributed by atoms with E-state index in [1.54, 1.807) is 0 Å². The Morgan fingerprint density at radius 1 is 1.29 bits per heavy atom. The standard InChI is InChI=1S/C10H20N2OS/c1-2-4-11-5-7-12(8-6-11)10(13)3-9-14/h14H,2-9H2,1H3. The highest BCUT2D eigenvalue weighted by Gasteiger charge is 2.19. The Hall–Kier alpha value is -0.220. The van der Waals surface area contributed by atoms with E-state index in [9.17, 15) is 4.79 Å². The van der Waals surface area contributed by atoms with Gasteiger partial charge in [-0.3, -0.25) is 9.69 Å². The lowest BCUT2D eigenvalue weighted by atomic mass is 10.2. The second-order valence-electron chi connectivity index (χ2n) is 3.70. The highest BCUT2D eigenvalue weighted by atomic mass is 32.1. The minimum atomic E-state index is 0.260. The van der Waals surface area contributed by atoms with E-state index in [2.05, 4.69) is 24.5 Å². The van der Waals surface area contributed by atoms with Crippen LogP contribution in [0.2, 0.25) is 0 Å². The minimum absolute atomic E-state index is 0.260. The smallest absolute Gasteiger partial charge is 0.223 e. The first kappa shape index (κ1) is 11.9. The Balaban J connectivity index is 2.24. The lowest BCUT2D eigenvalue weighted by Crippen LogP contribution is -2.48. The number of carbonyl (C=O) groups excluding carboxylic acids is 1. The van der Waals surface area contributed by atoms with Crippen LogP contribution >= 0.6 is 12.6 Å². The Morgan fingerprint density at radius 3 is 2.43 bits per heavy atom. The zero-order valence-corrected chi connectivity index (χ0v) is 9.80. The number of nitrogens with zero attached hydrogens (tertiary/aromatic N) is 2. The van der Waals surface area contributed by atoms with Crippen molar-refractivity contribution in [3.8, 4) is 0 Å². The first-order valence-electron chi connectivity index (χ1n) is 5.39. The Morgan fingerprint density at radius 2 is 1.93 bits per heavy atom. The molecule has 14 heavy (non-hydrogen) atoms. The molecule has 0 atom stereocenters. The normalized spacial score (nSPS) is 18.6. The monoisotopic (exact) mass is 216 g/mol. The minimum Gasteiger partial charge on any atom is -0.340 e. The summed E-state index contributed by atoms with van der Waals surface area (Å²) in [4.78, 5) is 15.9. The number of rotatable bonds is 4. The van der Waals surface area contributed by atoms with Gasteiger partial charge in [-0.1, -0.05) is 6.92 Å². The van der Waals surface area contributed by atoms with Crippen LogP contribution in [0.3, 0.4) is 0 Å².